The van der Waals surface area contributed by atoms with Crippen LogP contribution in [0.4, 0.5) is 5.69 Å². The predicted octanol–water partition coefficient (Wildman–Crippen LogP) is 4.62. The summed E-state index contributed by atoms with van der Waals surface area (Å²) in [5, 5.41) is 6.71. The van der Waals surface area contributed by atoms with Crippen molar-refractivity contribution in [3.63, 3.8) is 0 Å². The van der Waals surface area contributed by atoms with Crippen molar-refractivity contribution in [3.05, 3.63) is 94.8 Å². The number of nitrogens with zero attached hydrogens (tertiary/aromatic N) is 2. The molecule has 0 aliphatic rings. The number of para-hydroxylation sites is 1. The fourth-order valence-electron chi connectivity index (χ4n) is 3.87. The lowest BCUT2D eigenvalue weighted by Gasteiger charge is -2.13. The number of hydrogen-bond donors (Lipinski definition) is 2. The number of ether oxygens (including phenoxy) is 1. The summed E-state index contributed by atoms with van der Waals surface area (Å²) in [7, 11) is 0. The van der Waals surface area contributed by atoms with E-state index in [-0.39, 0.29) is 29.5 Å². The van der Waals surface area contributed by atoms with Crippen molar-refractivity contribution in [3.8, 4) is 5.75 Å². The number of carbonyl (C=O) groups is 2. The summed E-state index contributed by atoms with van der Waals surface area (Å²) in [6.07, 6.45) is 0.737. The zero-order valence-corrected chi connectivity index (χ0v) is 22.0. The molecule has 196 valence electrons. The summed E-state index contributed by atoms with van der Waals surface area (Å²) in [5.41, 5.74) is 2.07. The molecule has 0 bridgehead atoms. The minimum absolute atomic E-state index is 0.0789. The number of carbonyl (C=O) groups excluding carboxylic acids is 2. The summed E-state index contributed by atoms with van der Waals surface area (Å²) in [6.45, 7) is 3.26. The highest BCUT2D eigenvalue weighted by molar-refractivity contribution is 7.99. The number of amides is 2. The number of benzene rings is 3. The monoisotopic (exact) mass is 530 g/mol. The van der Waals surface area contributed by atoms with Crippen LogP contribution in [0, 0.1) is 0 Å². The molecule has 3 aromatic carbocycles. The second-order valence-electron chi connectivity index (χ2n) is 8.53. The normalized spacial score (nSPS) is 10.8. The van der Waals surface area contributed by atoms with Crippen LogP contribution in [0.15, 0.2) is 88.8 Å². The zero-order chi connectivity index (χ0) is 26.7. The molecule has 0 saturated carbocycles. The van der Waals surface area contributed by atoms with Crippen LogP contribution in [-0.2, 0) is 22.7 Å². The molecule has 2 N–H and O–H groups in total. The van der Waals surface area contributed by atoms with Gasteiger partial charge in [-0.05, 0) is 55.3 Å². The quantitative estimate of drug-likeness (QED) is 0.205. The first-order chi connectivity index (χ1) is 18.5. The first kappa shape index (κ1) is 26.9. The summed E-state index contributed by atoms with van der Waals surface area (Å²) < 4.78 is 6.99. The second kappa shape index (κ2) is 13.4. The third-order valence-electron chi connectivity index (χ3n) is 5.73. The highest BCUT2D eigenvalue weighted by Crippen LogP contribution is 2.20. The van der Waals surface area contributed by atoms with Gasteiger partial charge in [-0.15, -0.1) is 0 Å². The molecule has 0 aliphatic carbocycles. The average Bonchev–Trinajstić information content (AvgIpc) is 2.94. The number of nitrogens with one attached hydrogen (secondary N) is 2. The summed E-state index contributed by atoms with van der Waals surface area (Å²) in [4.78, 5) is 42.9. The van der Waals surface area contributed by atoms with E-state index in [0.717, 1.165) is 11.3 Å². The third-order valence-corrected chi connectivity index (χ3v) is 6.70. The molecule has 0 aliphatic heterocycles. The maximum absolute atomic E-state index is 13.3. The van der Waals surface area contributed by atoms with E-state index < -0.39 is 0 Å². The van der Waals surface area contributed by atoms with Crippen molar-refractivity contribution in [2.75, 3.05) is 17.7 Å². The Morgan fingerprint density at radius 2 is 1.68 bits per heavy atom. The molecule has 4 rings (SSSR count). The topological polar surface area (TPSA) is 102 Å². The van der Waals surface area contributed by atoms with Crippen LogP contribution in [-0.4, -0.2) is 33.7 Å². The first-order valence-corrected chi connectivity index (χ1v) is 13.5. The molecular formula is C29H30N4O4S. The molecule has 4 aromatic rings. The number of rotatable bonds is 12. The van der Waals surface area contributed by atoms with Gasteiger partial charge >= 0.3 is 0 Å². The Labute approximate surface area is 225 Å². The van der Waals surface area contributed by atoms with Gasteiger partial charge < -0.3 is 15.4 Å². The minimum atomic E-state index is -0.214. The summed E-state index contributed by atoms with van der Waals surface area (Å²) >= 11 is 1.20. The standard InChI is InChI=1S/C29H30N4O4S/c1-2-37-23-16-14-22(15-17-23)31-27(35)20-38-29-32-25-12-7-6-11-24(25)28(36)33(29)18-8-13-26(34)30-19-21-9-4-3-5-10-21/h3-7,9-12,14-17H,2,8,13,18-20H2,1H3,(H,30,34)(H,31,35). The number of anilines is 1. The highest BCUT2D eigenvalue weighted by Gasteiger charge is 2.14. The summed E-state index contributed by atoms with van der Waals surface area (Å²) in [6, 6.07) is 24.0. The lowest BCUT2D eigenvalue weighted by atomic mass is 10.2. The van der Waals surface area contributed by atoms with E-state index in [2.05, 4.69) is 15.6 Å². The molecule has 0 fully saturated rings. The van der Waals surface area contributed by atoms with Crippen LogP contribution >= 0.6 is 11.8 Å². The fourth-order valence-corrected chi connectivity index (χ4v) is 4.69. The van der Waals surface area contributed by atoms with Crippen molar-refractivity contribution in [1.82, 2.24) is 14.9 Å². The van der Waals surface area contributed by atoms with Gasteiger partial charge in [-0.1, -0.05) is 54.2 Å². The molecule has 8 nitrogen and oxygen atoms in total. The van der Waals surface area contributed by atoms with Gasteiger partial charge in [0, 0.05) is 25.2 Å². The smallest absolute Gasteiger partial charge is 0.262 e. The van der Waals surface area contributed by atoms with Crippen LogP contribution in [0.5, 0.6) is 5.75 Å². The molecule has 9 heteroatoms. The molecule has 2 amide bonds. The van der Waals surface area contributed by atoms with Gasteiger partial charge in [0.25, 0.3) is 5.56 Å². The molecule has 0 atom stereocenters. The number of hydrogen-bond acceptors (Lipinski definition) is 6. The molecule has 0 spiro atoms. The SMILES string of the molecule is CCOc1ccc(NC(=O)CSc2nc3ccccc3c(=O)n2CCCC(=O)NCc2ccccc2)cc1. The van der Waals surface area contributed by atoms with E-state index in [4.69, 9.17) is 4.74 Å². The zero-order valence-electron chi connectivity index (χ0n) is 21.2. The Balaban J connectivity index is 1.39. The fraction of sp³-hybridized carbons (Fsp3) is 0.241. The Kier molecular flexibility index (Phi) is 9.53. The van der Waals surface area contributed by atoms with Gasteiger partial charge in [-0.25, -0.2) is 4.98 Å². The van der Waals surface area contributed by atoms with E-state index in [1.165, 1.54) is 11.8 Å². The Morgan fingerprint density at radius 1 is 0.947 bits per heavy atom. The first-order valence-electron chi connectivity index (χ1n) is 12.5. The minimum Gasteiger partial charge on any atom is -0.494 e. The maximum atomic E-state index is 13.3. The maximum Gasteiger partial charge on any atom is 0.262 e. The van der Waals surface area contributed by atoms with Crippen molar-refractivity contribution in [2.24, 2.45) is 0 Å². The van der Waals surface area contributed by atoms with E-state index >= 15 is 0 Å². The van der Waals surface area contributed by atoms with Gasteiger partial charge in [0.05, 0.1) is 23.3 Å². The van der Waals surface area contributed by atoms with E-state index in [1.807, 2.05) is 43.3 Å². The lowest BCUT2D eigenvalue weighted by Crippen LogP contribution is -2.26. The van der Waals surface area contributed by atoms with Gasteiger partial charge in [-0.3, -0.25) is 19.0 Å². The van der Waals surface area contributed by atoms with E-state index in [0.29, 0.717) is 47.9 Å². The van der Waals surface area contributed by atoms with Crippen LogP contribution < -0.4 is 20.9 Å². The molecule has 1 heterocycles. The van der Waals surface area contributed by atoms with Crippen molar-refractivity contribution < 1.29 is 14.3 Å². The van der Waals surface area contributed by atoms with Crippen molar-refractivity contribution in [1.29, 1.82) is 0 Å². The van der Waals surface area contributed by atoms with Crippen molar-refractivity contribution >= 4 is 40.2 Å². The van der Waals surface area contributed by atoms with Crippen LogP contribution in [0.2, 0.25) is 0 Å². The molecule has 0 saturated heterocycles. The number of thioether (sulfide) groups is 1. The molecule has 1 aromatic heterocycles. The Bertz CT molecular complexity index is 1440. The molecular weight excluding hydrogens is 500 g/mol. The lowest BCUT2D eigenvalue weighted by molar-refractivity contribution is -0.121. The third kappa shape index (κ3) is 7.45. The largest absolute Gasteiger partial charge is 0.494 e. The summed E-state index contributed by atoms with van der Waals surface area (Å²) in [5.74, 6) is 0.515. The predicted molar refractivity (Wildman–Crippen MR) is 150 cm³/mol. The Morgan fingerprint density at radius 3 is 2.45 bits per heavy atom. The van der Waals surface area contributed by atoms with E-state index in [1.54, 1.807) is 47.0 Å². The van der Waals surface area contributed by atoms with Gasteiger partial charge in [0.15, 0.2) is 5.16 Å². The van der Waals surface area contributed by atoms with Crippen LogP contribution in [0.3, 0.4) is 0 Å². The van der Waals surface area contributed by atoms with Gasteiger partial charge in [-0.2, -0.15) is 0 Å². The number of aromatic nitrogens is 2. The van der Waals surface area contributed by atoms with Crippen molar-refractivity contribution in [2.45, 2.75) is 38.0 Å². The van der Waals surface area contributed by atoms with Crippen LogP contribution in [0.1, 0.15) is 25.3 Å². The molecule has 0 unspecified atom stereocenters. The van der Waals surface area contributed by atoms with Gasteiger partial charge in [0.2, 0.25) is 11.8 Å². The molecule has 38 heavy (non-hydrogen) atoms. The Hall–Kier alpha value is -4.11. The second-order valence-corrected chi connectivity index (χ2v) is 9.47. The van der Waals surface area contributed by atoms with E-state index in [9.17, 15) is 14.4 Å². The molecule has 0 radical (unpaired) electrons. The number of fused-ring (bicyclic) bond motifs is 1. The van der Waals surface area contributed by atoms with Crippen LogP contribution in [0.25, 0.3) is 10.9 Å². The highest BCUT2D eigenvalue weighted by atomic mass is 32.2. The van der Waals surface area contributed by atoms with Gasteiger partial charge in [0.1, 0.15) is 5.75 Å². The average molecular weight is 531 g/mol.